The molecular formula is C17H36N4O3. The van der Waals surface area contributed by atoms with Gasteiger partial charge in [0.25, 0.3) is 0 Å². The number of aliphatic imine (C=N–C) groups is 1. The van der Waals surface area contributed by atoms with Gasteiger partial charge in [-0.05, 0) is 39.8 Å². The molecule has 0 aliphatic carbocycles. The fraction of sp³-hybridized carbons (Fsp3) is 0.941. The molecule has 1 fully saturated rings. The standard InChI is InChI=1S/C17H36N4O3/c1-4-18-17(19-8-5-10-21(2)11-14-22-3)20-9-6-12-24-16-7-13-23-15-16/h16H,4-15H2,1-3H3,(H2,18,19,20). The van der Waals surface area contributed by atoms with E-state index in [0.717, 1.165) is 84.4 Å². The quantitative estimate of drug-likeness (QED) is 0.291. The van der Waals surface area contributed by atoms with E-state index in [-0.39, 0.29) is 6.10 Å². The van der Waals surface area contributed by atoms with Crippen LogP contribution in [-0.2, 0) is 14.2 Å². The summed E-state index contributed by atoms with van der Waals surface area (Å²) >= 11 is 0. The predicted molar refractivity (Wildman–Crippen MR) is 97.8 cm³/mol. The van der Waals surface area contributed by atoms with E-state index in [4.69, 9.17) is 14.2 Å². The van der Waals surface area contributed by atoms with Crippen molar-refractivity contribution in [1.29, 1.82) is 0 Å². The van der Waals surface area contributed by atoms with Crippen LogP contribution in [0, 0.1) is 0 Å². The Balaban J connectivity index is 2.08. The maximum absolute atomic E-state index is 5.75. The van der Waals surface area contributed by atoms with Gasteiger partial charge in [0.1, 0.15) is 0 Å². The van der Waals surface area contributed by atoms with Crippen LogP contribution in [0.5, 0.6) is 0 Å². The summed E-state index contributed by atoms with van der Waals surface area (Å²) in [5.41, 5.74) is 0. The molecular weight excluding hydrogens is 308 g/mol. The smallest absolute Gasteiger partial charge is 0.191 e. The van der Waals surface area contributed by atoms with Gasteiger partial charge in [-0.15, -0.1) is 0 Å². The van der Waals surface area contributed by atoms with E-state index in [1.807, 2.05) is 0 Å². The average molecular weight is 345 g/mol. The van der Waals surface area contributed by atoms with Crippen molar-refractivity contribution >= 4 is 5.96 Å². The van der Waals surface area contributed by atoms with Gasteiger partial charge in [-0.25, -0.2) is 0 Å². The molecule has 0 aromatic rings. The van der Waals surface area contributed by atoms with Crippen molar-refractivity contribution in [2.45, 2.75) is 32.3 Å². The Hall–Kier alpha value is -0.890. The number of hydrogen-bond donors (Lipinski definition) is 2. The second-order valence-electron chi connectivity index (χ2n) is 6.05. The molecule has 0 aromatic carbocycles. The first-order valence-corrected chi connectivity index (χ1v) is 9.15. The van der Waals surface area contributed by atoms with Crippen LogP contribution >= 0.6 is 0 Å². The van der Waals surface area contributed by atoms with Gasteiger partial charge >= 0.3 is 0 Å². The highest BCUT2D eigenvalue weighted by Gasteiger charge is 2.15. The second-order valence-corrected chi connectivity index (χ2v) is 6.05. The fourth-order valence-corrected chi connectivity index (χ4v) is 2.41. The lowest BCUT2D eigenvalue weighted by Gasteiger charge is -2.17. The van der Waals surface area contributed by atoms with E-state index in [1.54, 1.807) is 7.11 Å². The second kappa shape index (κ2) is 14.5. The highest BCUT2D eigenvalue weighted by molar-refractivity contribution is 5.79. The maximum Gasteiger partial charge on any atom is 0.191 e. The van der Waals surface area contributed by atoms with Crippen LogP contribution in [0.15, 0.2) is 4.99 Å². The monoisotopic (exact) mass is 344 g/mol. The molecule has 0 aromatic heterocycles. The Morgan fingerprint density at radius 1 is 1.25 bits per heavy atom. The molecule has 1 saturated heterocycles. The van der Waals surface area contributed by atoms with Gasteiger partial charge in [0.15, 0.2) is 5.96 Å². The van der Waals surface area contributed by atoms with Gasteiger partial charge in [-0.1, -0.05) is 0 Å². The van der Waals surface area contributed by atoms with E-state index in [0.29, 0.717) is 0 Å². The molecule has 1 unspecified atom stereocenters. The van der Waals surface area contributed by atoms with E-state index >= 15 is 0 Å². The number of hydrogen-bond acceptors (Lipinski definition) is 5. The first-order chi connectivity index (χ1) is 11.8. The number of guanidine groups is 1. The zero-order valence-corrected chi connectivity index (χ0v) is 15.7. The van der Waals surface area contributed by atoms with Crippen molar-refractivity contribution in [3.8, 4) is 0 Å². The molecule has 0 spiro atoms. The minimum atomic E-state index is 0.287. The number of methoxy groups -OCH3 is 1. The van der Waals surface area contributed by atoms with Crippen molar-refractivity contribution in [3.63, 3.8) is 0 Å². The lowest BCUT2D eigenvalue weighted by atomic mass is 10.3. The van der Waals surface area contributed by atoms with Gasteiger partial charge in [0.05, 0.1) is 19.3 Å². The third kappa shape index (κ3) is 10.8. The highest BCUT2D eigenvalue weighted by Crippen LogP contribution is 2.08. The lowest BCUT2D eigenvalue weighted by Crippen LogP contribution is -2.38. The van der Waals surface area contributed by atoms with Gasteiger partial charge < -0.3 is 29.7 Å². The Morgan fingerprint density at radius 3 is 2.83 bits per heavy atom. The predicted octanol–water partition coefficient (Wildman–Crippen LogP) is 0.705. The Kier molecular flexibility index (Phi) is 12.7. The molecule has 0 radical (unpaired) electrons. The summed E-state index contributed by atoms with van der Waals surface area (Å²) in [6, 6.07) is 0. The molecule has 0 amide bonds. The Bertz CT molecular complexity index is 323. The minimum absolute atomic E-state index is 0.287. The van der Waals surface area contributed by atoms with Gasteiger partial charge in [0.2, 0.25) is 0 Å². The number of rotatable bonds is 13. The summed E-state index contributed by atoms with van der Waals surface area (Å²) in [5.74, 6) is 0.890. The number of nitrogens with one attached hydrogen (secondary N) is 2. The molecule has 0 bridgehead atoms. The lowest BCUT2D eigenvalue weighted by molar-refractivity contribution is 0.0424. The summed E-state index contributed by atoms with van der Waals surface area (Å²) in [6.07, 6.45) is 3.32. The van der Waals surface area contributed by atoms with Crippen LogP contribution in [0.4, 0.5) is 0 Å². The number of nitrogens with zero attached hydrogens (tertiary/aromatic N) is 2. The third-order valence-electron chi connectivity index (χ3n) is 3.84. The van der Waals surface area contributed by atoms with Crippen LogP contribution in [0.2, 0.25) is 0 Å². The summed E-state index contributed by atoms with van der Waals surface area (Å²) in [7, 11) is 3.86. The van der Waals surface area contributed by atoms with Gasteiger partial charge in [0, 0.05) is 46.5 Å². The van der Waals surface area contributed by atoms with Crippen LogP contribution in [0.3, 0.4) is 0 Å². The molecule has 142 valence electrons. The van der Waals surface area contributed by atoms with Crippen molar-refractivity contribution in [3.05, 3.63) is 0 Å². The molecule has 1 rings (SSSR count). The van der Waals surface area contributed by atoms with E-state index in [9.17, 15) is 0 Å². The van der Waals surface area contributed by atoms with E-state index in [2.05, 4.69) is 34.5 Å². The van der Waals surface area contributed by atoms with E-state index < -0.39 is 0 Å². The van der Waals surface area contributed by atoms with Crippen LogP contribution in [0.1, 0.15) is 26.2 Å². The third-order valence-corrected chi connectivity index (χ3v) is 3.84. The SMILES string of the molecule is CCNC(=NCCCOC1CCOC1)NCCCN(C)CCOC. The molecule has 1 aliphatic heterocycles. The minimum Gasteiger partial charge on any atom is -0.383 e. The summed E-state index contributed by atoms with van der Waals surface area (Å²) in [4.78, 5) is 6.87. The highest BCUT2D eigenvalue weighted by atomic mass is 16.5. The summed E-state index contributed by atoms with van der Waals surface area (Å²) < 4.78 is 16.1. The normalized spacial score (nSPS) is 18.3. The zero-order chi connectivity index (χ0) is 17.5. The first-order valence-electron chi connectivity index (χ1n) is 9.15. The topological polar surface area (TPSA) is 67.4 Å². The molecule has 24 heavy (non-hydrogen) atoms. The Labute approximate surface area is 147 Å². The first kappa shape index (κ1) is 21.2. The molecule has 0 saturated carbocycles. The number of ether oxygens (including phenoxy) is 3. The van der Waals surface area contributed by atoms with Crippen molar-refractivity contribution in [1.82, 2.24) is 15.5 Å². The van der Waals surface area contributed by atoms with Gasteiger partial charge in [-0.2, -0.15) is 0 Å². The summed E-state index contributed by atoms with van der Waals surface area (Å²) in [5, 5.41) is 6.67. The van der Waals surface area contributed by atoms with Crippen LogP contribution in [0.25, 0.3) is 0 Å². The summed E-state index contributed by atoms with van der Waals surface area (Å²) in [6.45, 7) is 9.77. The van der Waals surface area contributed by atoms with Crippen molar-refractivity contribution in [2.75, 3.05) is 73.3 Å². The van der Waals surface area contributed by atoms with Crippen molar-refractivity contribution in [2.24, 2.45) is 4.99 Å². The molecule has 1 atom stereocenters. The maximum atomic E-state index is 5.75. The Morgan fingerprint density at radius 2 is 2.12 bits per heavy atom. The molecule has 7 heteroatoms. The molecule has 2 N–H and O–H groups in total. The molecule has 1 aliphatic rings. The zero-order valence-electron chi connectivity index (χ0n) is 15.7. The van der Waals surface area contributed by atoms with Crippen LogP contribution < -0.4 is 10.6 Å². The molecule has 7 nitrogen and oxygen atoms in total. The van der Waals surface area contributed by atoms with Crippen LogP contribution in [-0.4, -0.2) is 90.3 Å². The van der Waals surface area contributed by atoms with Gasteiger partial charge in [-0.3, -0.25) is 4.99 Å². The number of likely N-dealkylation sites (N-methyl/N-ethyl adjacent to an activating group) is 1. The van der Waals surface area contributed by atoms with E-state index in [1.165, 1.54) is 0 Å². The average Bonchev–Trinajstić information content (AvgIpc) is 3.09. The largest absolute Gasteiger partial charge is 0.383 e. The fourth-order valence-electron chi connectivity index (χ4n) is 2.41. The van der Waals surface area contributed by atoms with Crippen molar-refractivity contribution < 1.29 is 14.2 Å². The molecule has 1 heterocycles.